The zero-order valence-corrected chi connectivity index (χ0v) is 11.3. The Morgan fingerprint density at radius 1 is 1.39 bits per heavy atom. The van der Waals surface area contributed by atoms with E-state index in [1.165, 1.54) is 26.7 Å². The van der Waals surface area contributed by atoms with Crippen LogP contribution in [0.3, 0.4) is 0 Å². The monoisotopic (exact) mass is 257 g/mol. The van der Waals surface area contributed by atoms with Gasteiger partial charge in [-0.05, 0) is 40.3 Å². The van der Waals surface area contributed by atoms with Crippen molar-refractivity contribution >= 4 is 12.0 Å². The summed E-state index contributed by atoms with van der Waals surface area (Å²) in [7, 11) is 2.05. The van der Waals surface area contributed by atoms with E-state index in [0.717, 1.165) is 13.0 Å². The molecular weight excluding hydrogens is 234 g/mol. The highest BCUT2D eigenvalue weighted by atomic mass is 16.4. The number of aliphatic carboxylic acids is 1. The lowest BCUT2D eigenvalue weighted by atomic mass is 10.0. The number of likely N-dealkylation sites (tertiary alicyclic amines) is 1. The van der Waals surface area contributed by atoms with Gasteiger partial charge >= 0.3 is 12.0 Å². The van der Waals surface area contributed by atoms with E-state index in [1.807, 2.05) is 7.05 Å². The van der Waals surface area contributed by atoms with Crippen LogP contribution in [0.1, 0.15) is 33.1 Å². The summed E-state index contributed by atoms with van der Waals surface area (Å²) >= 11 is 0. The fourth-order valence-electron chi connectivity index (χ4n) is 1.99. The molecule has 6 heteroatoms. The van der Waals surface area contributed by atoms with Crippen LogP contribution in [-0.4, -0.2) is 53.7 Å². The molecule has 1 saturated heterocycles. The highest BCUT2D eigenvalue weighted by molar-refractivity contribution is 5.85. The lowest BCUT2D eigenvalue weighted by Crippen LogP contribution is -2.55. The second-order valence-corrected chi connectivity index (χ2v) is 5.40. The molecule has 0 aliphatic carbocycles. The number of carboxylic acids is 1. The van der Waals surface area contributed by atoms with Crippen LogP contribution in [0.5, 0.6) is 0 Å². The number of carbonyl (C=O) groups excluding carboxylic acids is 1. The maximum Gasteiger partial charge on any atom is 0.328 e. The predicted octanol–water partition coefficient (Wildman–Crippen LogP) is 0.633. The predicted molar refractivity (Wildman–Crippen MR) is 68.5 cm³/mol. The molecule has 2 amide bonds. The van der Waals surface area contributed by atoms with E-state index < -0.39 is 17.5 Å². The summed E-state index contributed by atoms with van der Waals surface area (Å²) in [6, 6.07) is -0.0844. The fourth-order valence-corrected chi connectivity index (χ4v) is 1.99. The Bertz CT molecular complexity index is 318. The summed E-state index contributed by atoms with van der Waals surface area (Å²) in [5.74, 6) is -1.05. The molecule has 1 atom stereocenters. The molecule has 6 nitrogen and oxygen atoms in total. The lowest BCUT2D eigenvalue weighted by Gasteiger charge is -2.32. The molecule has 0 aromatic rings. The maximum absolute atomic E-state index is 11.6. The summed E-state index contributed by atoms with van der Waals surface area (Å²) < 4.78 is 0. The number of likely N-dealkylation sites (N-methyl/N-ethyl adjacent to an activating group) is 1. The zero-order valence-electron chi connectivity index (χ0n) is 11.3. The van der Waals surface area contributed by atoms with Crippen molar-refractivity contribution in [2.45, 2.75) is 44.7 Å². The van der Waals surface area contributed by atoms with E-state index >= 15 is 0 Å². The highest BCUT2D eigenvalue weighted by Gasteiger charge is 2.29. The molecule has 1 aliphatic heterocycles. The van der Waals surface area contributed by atoms with Crippen molar-refractivity contribution in [2.75, 3.05) is 20.1 Å². The van der Waals surface area contributed by atoms with Gasteiger partial charge < -0.3 is 20.6 Å². The first-order chi connectivity index (χ1) is 8.33. The average molecular weight is 257 g/mol. The number of urea groups is 1. The molecule has 0 saturated carbocycles. The third-order valence-electron chi connectivity index (χ3n) is 3.38. The Morgan fingerprint density at radius 2 is 2.06 bits per heavy atom. The van der Waals surface area contributed by atoms with Gasteiger partial charge in [-0.2, -0.15) is 0 Å². The maximum atomic E-state index is 11.6. The van der Waals surface area contributed by atoms with Gasteiger partial charge in [0.05, 0.1) is 0 Å². The van der Waals surface area contributed by atoms with Crippen molar-refractivity contribution < 1.29 is 14.7 Å². The van der Waals surface area contributed by atoms with Gasteiger partial charge in [-0.3, -0.25) is 0 Å². The van der Waals surface area contributed by atoms with Crippen molar-refractivity contribution in [1.82, 2.24) is 15.5 Å². The molecule has 104 valence electrons. The van der Waals surface area contributed by atoms with Gasteiger partial charge in [-0.25, -0.2) is 9.59 Å². The number of hydrogen-bond donors (Lipinski definition) is 3. The summed E-state index contributed by atoms with van der Waals surface area (Å²) in [6.07, 6.45) is 3.45. The first kappa shape index (κ1) is 14.8. The minimum atomic E-state index is -1.25. The van der Waals surface area contributed by atoms with E-state index in [-0.39, 0.29) is 0 Å². The summed E-state index contributed by atoms with van der Waals surface area (Å²) in [6.45, 7) is 4.52. The fraction of sp³-hybridized carbons (Fsp3) is 0.833. The SMILES string of the molecule is CN1CCCCC1CNC(=O)NC(C)(C)C(=O)O. The van der Waals surface area contributed by atoms with Crippen molar-refractivity contribution in [3.63, 3.8) is 0 Å². The quantitative estimate of drug-likeness (QED) is 0.690. The van der Waals surface area contributed by atoms with Gasteiger partial charge in [0, 0.05) is 12.6 Å². The Kier molecular flexibility index (Phi) is 4.95. The van der Waals surface area contributed by atoms with Crippen molar-refractivity contribution in [1.29, 1.82) is 0 Å². The van der Waals surface area contributed by atoms with Gasteiger partial charge in [0.25, 0.3) is 0 Å². The number of nitrogens with zero attached hydrogens (tertiary/aromatic N) is 1. The van der Waals surface area contributed by atoms with Crippen LogP contribution in [0.4, 0.5) is 4.79 Å². The lowest BCUT2D eigenvalue weighted by molar-refractivity contribution is -0.142. The molecule has 1 fully saturated rings. The molecule has 1 unspecified atom stereocenters. The summed E-state index contributed by atoms with van der Waals surface area (Å²) in [5, 5.41) is 14.1. The summed E-state index contributed by atoms with van der Waals surface area (Å²) in [5.41, 5.74) is -1.25. The molecule has 0 aromatic carbocycles. The molecule has 0 aromatic heterocycles. The first-order valence-corrected chi connectivity index (χ1v) is 6.32. The van der Waals surface area contributed by atoms with Gasteiger partial charge in [-0.15, -0.1) is 0 Å². The topological polar surface area (TPSA) is 81.7 Å². The minimum Gasteiger partial charge on any atom is -0.480 e. The molecule has 0 radical (unpaired) electrons. The van der Waals surface area contributed by atoms with E-state index in [9.17, 15) is 9.59 Å². The zero-order chi connectivity index (χ0) is 13.8. The van der Waals surface area contributed by atoms with Crippen LogP contribution in [-0.2, 0) is 4.79 Å². The van der Waals surface area contributed by atoms with Crippen LogP contribution in [0, 0.1) is 0 Å². The standard InChI is InChI=1S/C12H23N3O3/c1-12(2,10(16)17)14-11(18)13-8-9-6-4-5-7-15(9)3/h9H,4-8H2,1-3H3,(H,16,17)(H2,13,14,18). The van der Waals surface area contributed by atoms with Gasteiger partial charge in [0.15, 0.2) is 0 Å². The van der Waals surface area contributed by atoms with Crippen LogP contribution in [0.2, 0.25) is 0 Å². The first-order valence-electron chi connectivity index (χ1n) is 6.32. The number of carboxylic acid groups (broad SMARTS) is 1. The molecule has 0 bridgehead atoms. The van der Waals surface area contributed by atoms with Crippen molar-refractivity contribution in [3.05, 3.63) is 0 Å². The number of carbonyl (C=O) groups is 2. The highest BCUT2D eigenvalue weighted by Crippen LogP contribution is 2.13. The Balaban J connectivity index is 2.35. The van der Waals surface area contributed by atoms with Crippen LogP contribution < -0.4 is 10.6 Å². The van der Waals surface area contributed by atoms with E-state index in [4.69, 9.17) is 5.11 Å². The molecule has 1 rings (SSSR count). The second kappa shape index (κ2) is 6.04. The molecule has 18 heavy (non-hydrogen) atoms. The number of nitrogens with one attached hydrogen (secondary N) is 2. The molecule has 1 aliphatic rings. The Hall–Kier alpha value is -1.30. The second-order valence-electron chi connectivity index (χ2n) is 5.40. The minimum absolute atomic E-state index is 0.345. The van der Waals surface area contributed by atoms with Gasteiger partial charge in [0.2, 0.25) is 0 Å². The number of rotatable bonds is 4. The Morgan fingerprint density at radius 3 is 2.61 bits per heavy atom. The normalized spacial score (nSPS) is 21.4. The van der Waals surface area contributed by atoms with Gasteiger partial charge in [0.1, 0.15) is 5.54 Å². The molecule has 0 spiro atoms. The van der Waals surface area contributed by atoms with Crippen molar-refractivity contribution in [2.24, 2.45) is 0 Å². The third kappa shape index (κ3) is 4.18. The van der Waals surface area contributed by atoms with Crippen LogP contribution >= 0.6 is 0 Å². The molecular formula is C12H23N3O3. The molecule has 3 N–H and O–H groups in total. The van der Waals surface area contributed by atoms with Gasteiger partial charge in [-0.1, -0.05) is 6.42 Å². The van der Waals surface area contributed by atoms with Crippen LogP contribution in [0.25, 0.3) is 0 Å². The third-order valence-corrected chi connectivity index (χ3v) is 3.38. The van der Waals surface area contributed by atoms with E-state index in [2.05, 4.69) is 15.5 Å². The Labute approximate surface area is 108 Å². The van der Waals surface area contributed by atoms with E-state index in [1.54, 1.807) is 0 Å². The summed E-state index contributed by atoms with van der Waals surface area (Å²) in [4.78, 5) is 24.7. The molecule has 1 heterocycles. The number of amides is 2. The average Bonchev–Trinajstić information content (AvgIpc) is 2.27. The van der Waals surface area contributed by atoms with E-state index in [0.29, 0.717) is 12.6 Å². The van der Waals surface area contributed by atoms with Crippen LogP contribution in [0.15, 0.2) is 0 Å². The number of hydrogen-bond acceptors (Lipinski definition) is 3. The largest absolute Gasteiger partial charge is 0.480 e. The smallest absolute Gasteiger partial charge is 0.328 e. The number of piperidine rings is 1. The van der Waals surface area contributed by atoms with Crippen molar-refractivity contribution in [3.8, 4) is 0 Å².